The van der Waals surface area contributed by atoms with Gasteiger partial charge in [0.05, 0.1) is 11.4 Å². The highest BCUT2D eigenvalue weighted by atomic mass is 32.2. The number of nitrogens with one attached hydrogen (secondary N) is 1. The van der Waals surface area contributed by atoms with E-state index in [-0.39, 0.29) is 23.9 Å². The maximum atomic E-state index is 14.1. The fourth-order valence-corrected chi connectivity index (χ4v) is 2.80. The Morgan fingerprint density at radius 2 is 2.05 bits per heavy atom. The van der Waals surface area contributed by atoms with Gasteiger partial charge in [-0.2, -0.15) is 0 Å². The lowest BCUT2D eigenvalue weighted by molar-refractivity contribution is 0.339. The number of hydrogen-bond donors (Lipinski definition) is 1. The average molecular weight is 316 g/mol. The van der Waals surface area contributed by atoms with Crippen molar-refractivity contribution in [1.29, 1.82) is 0 Å². The molecule has 1 saturated heterocycles. The van der Waals surface area contributed by atoms with E-state index >= 15 is 0 Å². The molecule has 1 aromatic rings. The molecular weight excluding hydrogens is 295 g/mol. The van der Waals surface area contributed by atoms with Gasteiger partial charge in [0.2, 0.25) is 0 Å². The van der Waals surface area contributed by atoms with Crippen LogP contribution in [0.5, 0.6) is 5.75 Å². The van der Waals surface area contributed by atoms with Crippen LogP contribution in [0.4, 0.5) is 10.1 Å². The Morgan fingerprint density at radius 1 is 1.33 bits per heavy atom. The summed E-state index contributed by atoms with van der Waals surface area (Å²) in [5.74, 6) is 0.0579. The van der Waals surface area contributed by atoms with E-state index in [9.17, 15) is 12.8 Å². The molecule has 1 aliphatic rings. The summed E-state index contributed by atoms with van der Waals surface area (Å²) in [6.45, 7) is 4.86. The van der Waals surface area contributed by atoms with Gasteiger partial charge in [-0.3, -0.25) is 0 Å². The Hall–Kier alpha value is -1.34. The Morgan fingerprint density at radius 3 is 2.67 bits per heavy atom. The molecule has 0 aliphatic carbocycles. The highest BCUT2D eigenvalue weighted by Gasteiger charge is 2.15. The summed E-state index contributed by atoms with van der Waals surface area (Å²) in [4.78, 5) is 1.98. The van der Waals surface area contributed by atoms with Gasteiger partial charge in [-0.25, -0.2) is 12.8 Å². The van der Waals surface area contributed by atoms with Crippen molar-refractivity contribution in [3.8, 4) is 5.75 Å². The average Bonchev–Trinajstić information content (AvgIpc) is 2.48. The lowest BCUT2D eigenvalue weighted by Crippen LogP contribution is -2.43. The van der Waals surface area contributed by atoms with Gasteiger partial charge in [0.25, 0.3) is 0 Å². The van der Waals surface area contributed by atoms with Gasteiger partial charge in [-0.1, -0.05) is 6.92 Å². The molecule has 1 fully saturated rings. The number of hydrogen-bond acceptors (Lipinski definition) is 5. The van der Waals surface area contributed by atoms with Crippen molar-refractivity contribution in [2.24, 2.45) is 0 Å². The fraction of sp³-hybridized carbons (Fsp3) is 0.571. The van der Waals surface area contributed by atoms with Crippen molar-refractivity contribution < 1.29 is 17.5 Å². The number of benzene rings is 1. The number of halogens is 1. The van der Waals surface area contributed by atoms with Crippen molar-refractivity contribution in [3.63, 3.8) is 0 Å². The van der Waals surface area contributed by atoms with Crippen LogP contribution >= 0.6 is 0 Å². The Balaban J connectivity index is 1.95. The van der Waals surface area contributed by atoms with E-state index in [2.05, 4.69) is 5.32 Å². The molecule has 0 saturated carbocycles. The van der Waals surface area contributed by atoms with Crippen LogP contribution in [0.15, 0.2) is 18.2 Å². The number of piperazine rings is 1. The zero-order chi connectivity index (χ0) is 15.3. The van der Waals surface area contributed by atoms with Gasteiger partial charge < -0.3 is 15.0 Å². The van der Waals surface area contributed by atoms with Crippen LogP contribution in [-0.2, 0) is 9.84 Å². The normalized spacial score (nSPS) is 16.0. The molecule has 118 valence electrons. The molecular formula is C14H21FN2O3S. The van der Waals surface area contributed by atoms with E-state index in [1.54, 1.807) is 19.1 Å². The first-order valence-corrected chi connectivity index (χ1v) is 8.92. The van der Waals surface area contributed by atoms with Crippen molar-refractivity contribution in [3.05, 3.63) is 24.0 Å². The minimum Gasteiger partial charge on any atom is -0.492 e. The summed E-state index contributed by atoms with van der Waals surface area (Å²) >= 11 is 0. The number of sulfone groups is 1. The minimum absolute atomic E-state index is 0.0442. The molecule has 0 spiro atoms. The molecule has 1 aliphatic heterocycles. The maximum Gasteiger partial charge on any atom is 0.153 e. The first-order chi connectivity index (χ1) is 10.0. The standard InChI is InChI=1S/C14H21FN2O3S/c1-2-21(18,19)10-9-20-12-3-4-14(13(15)11-12)17-7-5-16-6-8-17/h3-4,11,16H,2,5-10H2,1H3. The Bertz CT molecular complexity index is 572. The maximum absolute atomic E-state index is 14.1. The van der Waals surface area contributed by atoms with E-state index < -0.39 is 9.84 Å². The van der Waals surface area contributed by atoms with Crippen LogP contribution < -0.4 is 15.0 Å². The predicted octanol–water partition coefficient (Wildman–Crippen LogP) is 1.05. The van der Waals surface area contributed by atoms with Gasteiger partial charge in [0, 0.05) is 38.0 Å². The molecule has 1 heterocycles. The first kappa shape index (κ1) is 16.0. The van der Waals surface area contributed by atoms with Crippen molar-refractivity contribution in [2.45, 2.75) is 6.92 Å². The zero-order valence-electron chi connectivity index (χ0n) is 12.1. The highest BCUT2D eigenvalue weighted by Crippen LogP contribution is 2.24. The Kier molecular flexibility index (Phi) is 5.41. The largest absolute Gasteiger partial charge is 0.492 e. The molecule has 0 radical (unpaired) electrons. The highest BCUT2D eigenvalue weighted by molar-refractivity contribution is 7.91. The fourth-order valence-electron chi connectivity index (χ4n) is 2.17. The van der Waals surface area contributed by atoms with E-state index in [4.69, 9.17) is 4.74 Å². The number of rotatable bonds is 6. The first-order valence-electron chi connectivity index (χ1n) is 7.10. The van der Waals surface area contributed by atoms with Crippen LogP contribution in [0.25, 0.3) is 0 Å². The minimum atomic E-state index is -3.06. The summed E-state index contributed by atoms with van der Waals surface area (Å²) in [6, 6.07) is 4.68. The zero-order valence-corrected chi connectivity index (χ0v) is 13.0. The van der Waals surface area contributed by atoms with E-state index in [0.29, 0.717) is 11.4 Å². The van der Waals surface area contributed by atoms with Crippen LogP contribution in [0.3, 0.4) is 0 Å². The van der Waals surface area contributed by atoms with Crippen LogP contribution in [0.2, 0.25) is 0 Å². The van der Waals surface area contributed by atoms with Gasteiger partial charge in [0.1, 0.15) is 18.2 Å². The van der Waals surface area contributed by atoms with Gasteiger partial charge in [-0.15, -0.1) is 0 Å². The SMILES string of the molecule is CCS(=O)(=O)CCOc1ccc(N2CCNCC2)c(F)c1. The number of ether oxygens (including phenoxy) is 1. The topological polar surface area (TPSA) is 58.6 Å². The van der Waals surface area contributed by atoms with Crippen LogP contribution in [0.1, 0.15) is 6.92 Å². The second-order valence-electron chi connectivity index (χ2n) is 4.94. The smallest absolute Gasteiger partial charge is 0.153 e. The van der Waals surface area contributed by atoms with Gasteiger partial charge in [-0.05, 0) is 12.1 Å². The lowest BCUT2D eigenvalue weighted by atomic mass is 10.2. The van der Waals surface area contributed by atoms with Gasteiger partial charge >= 0.3 is 0 Å². The van der Waals surface area contributed by atoms with Crippen molar-refractivity contribution >= 4 is 15.5 Å². The Labute approximate surface area is 125 Å². The third kappa shape index (κ3) is 4.57. The van der Waals surface area contributed by atoms with Crippen molar-refractivity contribution in [2.75, 3.05) is 49.2 Å². The summed E-state index contributed by atoms with van der Waals surface area (Å²) in [5, 5.41) is 3.22. The quantitative estimate of drug-likeness (QED) is 0.850. The molecule has 0 atom stereocenters. The third-order valence-electron chi connectivity index (χ3n) is 3.48. The molecule has 1 aromatic carbocycles. The molecule has 1 N–H and O–H groups in total. The van der Waals surface area contributed by atoms with Crippen LogP contribution in [0, 0.1) is 5.82 Å². The number of nitrogens with zero attached hydrogens (tertiary/aromatic N) is 1. The molecule has 0 unspecified atom stereocenters. The molecule has 5 nitrogen and oxygen atoms in total. The summed E-state index contributed by atoms with van der Waals surface area (Å²) < 4.78 is 42.1. The number of anilines is 1. The van der Waals surface area contributed by atoms with Gasteiger partial charge in [0.15, 0.2) is 9.84 Å². The van der Waals surface area contributed by atoms with E-state index in [1.165, 1.54) is 6.07 Å². The van der Waals surface area contributed by atoms with Crippen molar-refractivity contribution in [1.82, 2.24) is 5.32 Å². The molecule has 0 amide bonds. The van der Waals surface area contributed by atoms with Crippen LogP contribution in [-0.4, -0.2) is 52.7 Å². The second kappa shape index (κ2) is 7.09. The third-order valence-corrected chi connectivity index (χ3v) is 5.15. The summed E-state index contributed by atoms with van der Waals surface area (Å²) in [5.41, 5.74) is 0.560. The summed E-state index contributed by atoms with van der Waals surface area (Å²) in [7, 11) is -3.06. The second-order valence-corrected chi connectivity index (χ2v) is 7.41. The predicted molar refractivity (Wildman–Crippen MR) is 81.3 cm³/mol. The summed E-state index contributed by atoms with van der Waals surface area (Å²) in [6.07, 6.45) is 0. The van der Waals surface area contributed by atoms with E-state index in [1.807, 2.05) is 4.90 Å². The van der Waals surface area contributed by atoms with E-state index in [0.717, 1.165) is 26.2 Å². The lowest BCUT2D eigenvalue weighted by Gasteiger charge is -2.29. The molecule has 2 rings (SSSR count). The molecule has 21 heavy (non-hydrogen) atoms. The molecule has 0 bridgehead atoms. The molecule has 0 aromatic heterocycles. The monoisotopic (exact) mass is 316 g/mol. The molecule has 7 heteroatoms.